The number of carbonyl (C=O) groups excluding carboxylic acids is 2. The SMILES string of the molecule is COC(=O)N1CC[C@H]2CCCN2C(=O)CC1(C)C. The van der Waals surface area contributed by atoms with Gasteiger partial charge in [-0.25, -0.2) is 4.79 Å². The zero-order valence-corrected chi connectivity index (χ0v) is 11.4. The van der Waals surface area contributed by atoms with Gasteiger partial charge in [-0.3, -0.25) is 4.79 Å². The van der Waals surface area contributed by atoms with Crippen LogP contribution in [0.15, 0.2) is 0 Å². The van der Waals surface area contributed by atoms with Crippen LogP contribution in [0.25, 0.3) is 0 Å². The van der Waals surface area contributed by atoms with E-state index in [1.165, 1.54) is 7.11 Å². The van der Waals surface area contributed by atoms with E-state index in [2.05, 4.69) is 0 Å². The van der Waals surface area contributed by atoms with Crippen molar-refractivity contribution in [3.05, 3.63) is 0 Å². The molecule has 0 radical (unpaired) electrons. The van der Waals surface area contributed by atoms with Crippen LogP contribution in [0.4, 0.5) is 4.79 Å². The second-order valence-corrected chi connectivity index (χ2v) is 5.78. The monoisotopic (exact) mass is 254 g/mol. The van der Waals surface area contributed by atoms with Crippen LogP contribution in [0.5, 0.6) is 0 Å². The predicted octanol–water partition coefficient (Wildman–Crippen LogP) is 1.62. The second-order valence-electron chi connectivity index (χ2n) is 5.78. The van der Waals surface area contributed by atoms with Gasteiger partial charge in [0.15, 0.2) is 0 Å². The number of fused-ring (bicyclic) bond motifs is 1. The predicted molar refractivity (Wildman–Crippen MR) is 67.2 cm³/mol. The van der Waals surface area contributed by atoms with E-state index >= 15 is 0 Å². The molecule has 0 N–H and O–H groups in total. The average molecular weight is 254 g/mol. The highest BCUT2D eigenvalue weighted by Gasteiger charge is 2.40. The molecule has 0 aromatic heterocycles. The molecular formula is C13H22N2O3. The lowest BCUT2D eigenvalue weighted by molar-refractivity contribution is -0.136. The molecule has 0 unspecified atom stereocenters. The van der Waals surface area contributed by atoms with E-state index in [0.717, 1.165) is 25.8 Å². The highest BCUT2D eigenvalue weighted by Crippen LogP contribution is 2.30. The third-order valence-corrected chi connectivity index (χ3v) is 4.09. The summed E-state index contributed by atoms with van der Waals surface area (Å²) in [6.45, 7) is 5.39. The van der Waals surface area contributed by atoms with E-state index in [9.17, 15) is 9.59 Å². The van der Waals surface area contributed by atoms with Crippen LogP contribution in [0, 0.1) is 0 Å². The van der Waals surface area contributed by atoms with Crippen molar-refractivity contribution in [3.8, 4) is 0 Å². The Hall–Kier alpha value is -1.26. The number of nitrogens with zero attached hydrogens (tertiary/aromatic N) is 2. The van der Waals surface area contributed by atoms with Crippen LogP contribution in [-0.2, 0) is 9.53 Å². The van der Waals surface area contributed by atoms with Gasteiger partial charge in [0.2, 0.25) is 5.91 Å². The van der Waals surface area contributed by atoms with E-state index in [0.29, 0.717) is 19.0 Å². The molecule has 5 nitrogen and oxygen atoms in total. The minimum Gasteiger partial charge on any atom is -0.453 e. The molecule has 2 heterocycles. The fourth-order valence-electron chi connectivity index (χ4n) is 3.06. The van der Waals surface area contributed by atoms with Gasteiger partial charge in [0, 0.05) is 31.1 Å². The number of methoxy groups -OCH3 is 1. The Morgan fingerprint density at radius 2 is 2.06 bits per heavy atom. The summed E-state index contributed by atoms with van der Waals surface area (Å²) in [6, 6.07) is 0.306. The molecule has 0 aromatic rings. The molecule has 18 heavy (non-hydrogen) atoms. The minimum absolute atomic E-state index is 0.163. The Morgan fingerprint density at radius 3 is 2.72 bits per heavy atom. The molecule has 102 valence electrons. The Bertz CT molecular complexity index is 354. The van der Waals surface area contributed by atoms with E-state index in [4.69, 9.17) is 4.74 Å². The Morgan fingerprint density at radius 1 is 1.33 bits per heavy atom. The van der Waals surface area contributed by atoms with Crippen LogP contribution in [0.3, 0.4) is 0 Å². The number of carbonyl (C=O) groups is 2. The molecular weight excluding hydrogens is 232 g/mol. The molecule has 0 aliphatic carbocycles. The summed E-state index contributed by atoms with van der Waals surface area (Å²) in [7, 11) is 1.39. The zero-order chi connectivity index (χ0) is 13.3. The van der Waals surface area contributed by atoms with Crippen LogP contribution >= 0.6 is 0 Å². The van der Waals surface area contributed by atoms with E-state index in [1.807, 2.05) is 18.7 Å². The normalized spacial score (nSPS) is 27.5. The molecule has 2 amide bonds. The molecule has 1 atom stereocenters. The number of amides is 2. The third-order valence-electron chi connectivity index (χ3n) is 4.09. The van der Waals surface area contributed by atoms with E-state index < -0.39 is 5.54 Å². The standard InChI is InChI=1S/C13H22N2O3/c1-13(2)9-11(16)14-7-4-5-10(14)6-8-15(13)12(17)18-3/h10H,4-9H2,1-3H3/t10-/m1/s1. The Labute approximate surface area is 108 Å². The maximum Gasteiger partial charge on any atom is 0.409 e. The largest absolute Gasteiger partial charge is 0.453 e. The van der Waals surface area contributed by atoms with Gasteiger partial charge in [0.1, 0.15) is 0 Å². The summed E-state index contributed by atoms with van der Waals surface area (Å²) in [5.41, 5.74) is -0.474. The van der Waals surface area contributed by atoms with Crippen LogP contribution in [-0.4, -0.2) is 53.6 Å². The first-order valence-corrected chi connectivity index (χ1v) is 6.61. The van der Waals surface area contributed by atoms with E-state index in [-0.39, 0.29) is 12.0 Å². The van der Waals surface area contributed by atoms with Gasteiger partial charge in [-0.2, -0.15) is 0 Å². The first-order chi connectivity index (χ1) is 8.45. The minimum atomic E-state index is -0.474. The number of hydrogen-bond acceptors (Lipinski definition) is 3. The summed E-state index contributed by atoms with van der Waals surface area (Å²) in [4.78, 5) is 27.8. The Balaban J connectivity index is 2.20. The molecule has 2 fully saturated rings. The quantitative estimate of drug-likeness (QED) is 0.660. The lowest BCUT2D eigenvalue weighted by atomic mass is 9.94. The summed E-state index contributed by atoms with van der Waals surface area (Å²) in [5.74, 6) is 0.163. The number of rotatable bonds is 0. The van der Waals surface area contributed by atoms with Crippen molar-refractivity contribution in [2.24, 2.45) is 0 Å². The second kappa shape index (κ2) is 4.78. The van der Waals surface area contributed by atoms with Crippen LogP contribution < -0.4 is 0 Å². The average Bonchev–Trinajstić information content (AvgIpc) is 2.74. The van der Waals surface area contributed by atoms with Crippen molar-refractivity contribution in [3.63, 3.8) is 0 Å². The van der Waals surface area contributed by atoms with Gasteiger partial charge in [0.05, 0.1) is 7.11 Å². The molecule has 2 aliphatic rings. The third kappa shape index (κ3) is 2.31. The molecule has 2 rings (SSSR count). The van der Waals surface area contributed by atoms with Crippen molar-refractivity contribution in [2.45, 2.75) is 51.1 Å². The molecule has 0 saturated carbocycles. The number of ether oxygens (including phenoxy) is 1. The first-order valence-electron chi connectivity index (χ1n) is 6.61. The lowest BCUT2D eigenvalue weighted by Gasteiger charge is -2.42. The fraction of sp³-hybridized carbons (Fsp3) is 0.846. The van der Waals surface area contributed by atoms with Crippen molar-refractivity contribution < 1.29 is 14.3 Å². The van der Waals surface area contributed by atoms with Gasteiger partial charge in [-0.15, -0.1) is 0 Å². The fourth-order valence-corrected chi connectivity index (χ4v) is 3.06. The highest BCUT2D eigenvalue weighted by atomic mass is 16.5. The highest BCUT2D eigenvalue weighted by molar-refractivity contribution is 5.79. The topological polar surface area (TPSA) is 49.9 Å². The summed E-state index contributed by atoms with van der Waals surface area (Å²) in [5, 5.41) is 0. The van der Waals surface area contributed by atoms with Gasteiger partial charge >= 0.3 is 6.09 Å². The van der Waals surface area contributed by atoms with Gasteiger partial charge in [-0.1, -0.05) is 0 Å². The summed E-state index contributed by atoms with van der Waals surface area (Å²) < 4.78 is 4.83. The maximum atomic E-state index is 12.3. The first kappa shape index (κ1) is 13.2. The molecule has 0 bridgehead atoms. The lowest BCUT2D eigenvalue weighted by Crippen LogP contribution is -2.54. The van der Waals surface area contributed by atoms with Gasteiger partial charge in [0.25, 0.3) is 0 Å². The molecule has 2 aliphatic heterocycles. The van der Waals surface area contributed by atoms with Crippen molar-refractivity contribution in [1.82, 2.24) is 9.80 Å². The molecule has 0 spiro atoms. The van der Waals surface area contributed by atoms with Crippen molar-refractivity contribution in [1.29, 1.82) is 0 Å². The Kier molecular flexibility index (Phi) is 3.50. The van der Waals surface area contributed by atoms with Gasteiger partial charge < -0.3 is 14.5 Å². The maximum absolute atomic E-state index is 12.3. The van der Waals surface area contributed by atoms with Gasteiger partial charge in [-0.05, 0) is 33.1 Å². The summed E-state index contributed by atoms with van der Waals surface area (Å²) >= 11 is 0. The zero-order valence-electron chi connectivity index (χ0n) is 11.4. The summed E-state index contributed by atoms with van der Waals surface area (Å²) in [6.07, 6.45) is 3.03. The van der Waals surface area contributed by atoms with Crippen LogP contribution in [0.2, 0.25) is 0 Å². The molecule has 0 aromatic carbocycles. The molecule has 5 heteroatoms. The molecule has 2 saturated heterocycles. The number of hydrogen-bond donors (Lipinski definition) is 0. The van der Waals surface area contributed by atoms with Crippen molar-refractivity contribution >= 4 is 12.0 Å². The van der Waals surface area contributed by atoms with Crippen LogP contribution in [0.1, 0.15) is 39.5 Å². The van der Waals surface area contributed by atoms with E-state index in [1.54, 1.807) is 4.90 Å². The van der Waals surface area contributed by atoms with Crippen molar-refractivity contribution in [2.75, 3.05) is 20.2 Å². The smallest absolute Gasteiger partial charge is 0.409 e.